The van der Waals surface area contributed by atoms with Crippen LogP contribution in [0.25, 0.3) is 0 Å². The minimum Gasteiger partial charge on any atom is -0.494 e. The van der Waals surface area contributed by atoms with Crippen molar-refractivity contribution in [2.75, 3.05) is 57.4 Å². The van der Waals surface area contributed by atoms with Crippen LogP contribution in [0.15, 0.2) is 42.5 Å². The number of carbonyl (C=O) groups excluding carboxylic acids is 3. The molecule has 0 aromatic heterocycles. The number of nitrogens with zero attached hydrogens (tertiary/aromatic N) is 3. The maximum Gasteiger partial charge on any atom is 0.255 e. The van der Waals surface area contributed by atoms with Gasteiger partial charge in [0.15, 0.2) is 0 Å². The van der Waals surface area contributed by atoms with Crippen molar-refractivity contribution in [2.24, 2.45) is 5.73 Å². The van der Waals surface area contributed by atoms with Gasteiger partial charge >= 0.3 is 0 Å². The first-order chi connectivity index (χ1) is 20.9. The van der Waals surface area contributed by atoms with Gasteiger partial charge < -0.3 is 25.0 Å². The maximum atomic E-state index is 13.0. The van der Waals surface area contributed by atoms with Crippen LogP contribution in [0.4, 0.5) is 5.69 Å². The van der Waals surface area contributed by atoms with E-state index in [0.29, 0.717) is 18.5 Å². The molecule has 2 saturated heterocycles. The number of rotatable bonds is 14. The number of anilines is 1. The summed E-state index contributed by atoms with van der Waals surface area (Å²) < 4.78 is 11.8. The van der Waals surface area contributed by atoms with E-state index in [0.717, 1.165) is 101 Å². The molecule has 0 radical (unpaired) electrons. The zero-order chi connectivity index (χ0) is 30.2. The Morgan fingerprint density at radius 2 is 1.73 bits per heavy atom. The van der Waals surface area contributed by atoms with Gasteiger partial charge in [-0.1, -0.05) is 18.6 Å². The Morgan fingerprint density at radius 3 is 2.48 bits per heavy atom. The highest BCUT2D eigenvalue weighted by molar-refractivity contribution is 6.05. The molecule has 0 aliphatic carbocycles. The molecule has 240 valence electrons. The Bertz CT molecular complexity index is 1280. The number of halogens is 1. The summed E-state index contributed by atoms with van der Waals surface area (Å²) >= 11 is 0. The normalized spacial score (nSPS) is 19.4. The van der Waals surface area contributed by atoms with E-state index in [1.165, 1.54) is 0 Å². The molecule has 2 aromatic carbocycles. The van der Waals surface area contributed by atoms with Crippen molar-refractivity contribution in [1.29, 1.82) is 0 Å². The second-order valence-electron chi connectivity index (χ2n) is 11.8. The van der Waals surface area contributed by atoms with Crippen molar-refractivity contribution in [2.45, 2.75) is 64.1 Å². The smallest absolute Gasteiger partial charge is 0.255 e. The number of benzene rings is 2. The van der Waals surface area contributed by atoms with Crippen molar-refractivity contribution in [3.63, 3.8) is 0 Å². The summed E-state index contributed by atoms with van der Waals surface area (Å²) in [7, 11) is 0. The summed E-state index contributed by atoms with van der Waals surface area (Å²) in [6.07, 6.45) is 5.01. The number of amides is 3. The number of hydrogen-bond donors (Lipinski definition) is 2. The Hall–Kier alpha value is -3.18. The van der Waals surface area contributed by atoms with Crippen molar-refractivity contribution in [1.82, 2.24) is 15.1 Å². The third-order valence-electron chi connectivity index (χ3n) is 8.63. The first-order valence-corrected chi connectivity index (χ1v) is 15.7. The molecule has 2 atom stereocenters. The molecule has 0 spiro atoms. The highest BCUT2D eigenvalue weighted by atomic mass is 35.5. The quantitative estimate of drug-likeness (QED) is 0.241. The topological polar surface area (TPSA) is 117 Å². The van der Waals surface area contributed by atoms with Crippen LogP contribution in [-0.2, 0) is 20.9 Å². The molecule has 11 heteroatoms. The second-order valence-corrected chi connectivity index (χ2v) is 11.8. The first kappa shape index (κ1) is 33.7. The van der Waals surface area contributed by atoms with Gasteiger partial charge in [-0.15, -0.1) is 12.4 Å². The summed E-state index contributed by atoms with van der Waals surface area (Å²) in [6, 6.07) is 13.4. The number of ether oxygens (including phenoxy) is 2. The number of carbonyl (C=O) groups is 3. The molecule has 0 bridgehead atoms. The van der Waals surface area contributed by atoms with Crippen LogP contribution in [-0.4, -0.2) is 86.1 Å². The van der Waals surface area contributed by atoms with Gasteiger partial charge in [0.1, 0.15) is 11.8 Å². The number of piperidine rings is 1. The largest absolute Gasteiger partial charge is 0.494 e. The summed E-state index contributed by atoms with van der Waals surface area (Å²) in [5, 5.41) is 2.36. The fourth-order valence-electron chi connectivity index (χ4n) is 6.02. The van der Waals surface area contributed by atoms with Crippen molar-refractivity contribution < 1.29 is 23.9 Å². The molecule has 2 unspecified atom stereocenters. The predicted octanol–water partition coefficient (Wildman–Crippen LogP) is 3.67. The van der Waals surface area contributed by atoms with E-state index in [4.69, 9.17) is 15.2 Å². The van der Waals surface area contributed by atoms with Crippen LogP contribution < -0.4 is 20.7 Å². The Morgan fingerprint density at radius 1 is 0.955 bits per heavy atom. The Kier molecular flexibility index (Phi) is 12.4. The van der Waals surface area contributed by atoms with Crippen LogP contribution in [0.2, 0.25) is 0 Å². The van der Waals surface area contributed by atoms with Crippen LogP contribution in [0.3, 0.4) is 0 Å². The summed E-state index contributed by atoms with van der Waals surface area (Å²) in [4.78, 5) is 43.2. The fourth-order valence-corrected chi connectivity index (χ4v) is 6.02. The van der Waals surface area contributed by atoms with E-state index in [1.807, 2.05) is 43.3 Å². The average Bonchev–Trinajstić information content (AvgIpc) is 3.33. The number of unbranched alkanes of at least 4 members (excludes halogenated alkanes) is 3. The van der Waals surface area contributed by atoms with Gasteiger partial charge in [-0.05, 0) is 74.1 Å². The predicted molar refractivity (Wildman–Crippen MR) is 172 cm³/mol. The number of nitrogens with one attached hydrogen (secondary N) is 1. The lowest BCUT2D eigenvalue weighted by Gasteiger charge is -2.36. The highest BCUT2D eigenvalue weighted by Gasteiger charge is 2.39. The molecule has 3 aliphatic rings. The molecule has 5 rings (SSSR count). The monoisotopic (exact) mass is 627 g/mol. The minimum atomic E-state index is -0.582. The fraction of sp³-hybridized carbons (Fsp3) is 0.545. The minimum absolute atomic E-state index is 0. The van der Waals surface area contributed by atoms with Crippen molar-refractivity contribution >= 4 is 35.8 Å². The Balaban J connectivity index is 0.00000442. The van der Waals surface area contributed by atoms with E-state index >= 15 is 0 Å². The van der Waals surface area contributed by atoms with E-state index in [-0.39, 0.29) is 42.6 Å². The van der Waals surface area contributed by atoms with Crippen LogP contribution >= 0.6 is 12.4 Å². The van der Waals surface area contributed by atoms with Gasteiger partial charge in [-0.2, -0.15) is 0 Å². The zero-order valence-electron chi connectivity index (χ0n) is 25.7. The van der Waals surface area contributed by atoms with E-state index in [9.17, 15) is 14.4 Å². The second kappa shape index (κ2) is 16.2. The number of fused-ring (bicyclic) bond motifs is 1. The summed E-state index contributed by atoms with van der Waals surface area (Å²) in [6.45, 7) is 9.35. The Labute approximate surface area is 266 Å². The molecule has 10 nitrogen and oxygen atoms in total. The number of hydrogen-bond acceptors (Lipinski definition) is 8. The highest BCUT2D eigenvalue weighted by Crippen LogP contribution is 2.31. The van der Waals surface area contributed by atoms with Gasteiger partial charge in [0.2, 0.25) is 11.8 Å². The third kappa shape index (κ3) is 8.72. The number of nitrogens with two attached hydrogens (primary N) is 1. The molecule has 3 aliphatic heterocycles. The molecule has 3 N–H and O–H groups in total. The van der Waals surface area contributed by atoms with Gasteiger partial charge in [-0.3, -0.25) is 24.6 Å². The number of piperazine rings is 1. The van der Waals surface area contributed by atoms with Crippen LogP contribution in [0, 0.1) is 0 Å². The van der Waals surface area contributed by atoms with Gasteiger partial charge in [0.05, 0.1) is 13.2 Å². The maximum absolute atomic E-state index is 13.0. The third-order valence-corrected chi connectivity index (χ3v) is 8.63. The molecular formula is C33H46ClN5O5. The summed E-state index contributed by atoms with van der Waals surface area (Å²) in [5.74, 6) is 0.113. The average molecular weight is 628 g/mol. The van der Waals surface area contributed by atoms with Gasteiger partial charge in [0, 0.05) is 69.6 Å². The standard InChI is InChI=1S/C33H45N5O5.ClH/c1-24(34)25-7-6-8-28(22-25)43-19-5-3-2-4-18-42-20-17-36-13-15-37(16-14-36)27-9-10-29-26(21-27)23-38(33(29)41)30-11-12-31(39)35-32(30)40;/h6-10,21-22,24,30H,2-5,11-20,23,34H2,1H3,(H,35,39,40);1H. The molecule has 2 fully saturated rings. The lowest BCUT2D eigenvalue weighted by molar-refractivity contribution is -0.136. The van der Waals surface area contributed by atoms with Crippen molar-refractivity contribution in [3.05, 3.63) is 59.2 Å². The molecule has 3 heterocycles. The first-order valence-electron chi connectivity index (χ1n) is 15.7. The molecular weight excluding hydrogens is 582 g/mol. The molecule has 2 aromatic rings. The molecule has 3 amide bonds. The lowest BCUT2D eigenvalue weighted by Crippen LogP contribution is -2.52. The van der Waals surface area contributed by atoms with Crippen LogP contribution in [0.5, 0.6) is 5.75 Å². The van der Waals surface area contributed by atoms with Gasteiger partial charge in [-0.25, -0.2) is 0 Å². The van der Waals surface area contributed by atoms with Crippen molar-refractivity contribution in [3.8, 4) is 5.75 Å². The van der Waals surface area contributed by atoms with E-state index < -0.39 is 6.04 Å². The summed E-state index contributed by atoms with van der Waals surface area (Å²) in [5.41, 5.74) is 9.75. The van der Waals surface area contributed by atoms with Gasteiger partial charge in [0.25, 0.3) is 5.91 Å². The SMILES string of the molecule is CC(N)c1cccc(OCCCCCCOCCN2CCN(c3ccc4c(c3)CN(C3CCC(=O)NC3=O)C4=O)CC2)c1.Cl. The number of imide groups is 1. The van der Waals surface area contributed by atoms with E-state index in [2.05, 4.69) is 21.2 Å². The zero-order valence-corrected chi connectivity index (χ0v) is 26.5. The molecule has 0 saturated carbocycles. The molecule has 44 heavy (non-hydrogen) atoms. The lowest BCUT2D eigenvalue weighted by atomic mass is 10.0. The van der Waals surface area contributed by atoms with E-state index in [1.54, 1.807) is 4.90 Å². The van der Waals surface area contributed by atoms with Crippen LogP contribution in [0.1, 0.15) is 73.0 Å².